The van der Waals surface area contributed by atoms with Gasteiger partial charge in [0.2, 0.25) is 0 Å². The Labute approximate surface area is 115 Å². The van der Waals surface area contributed by atoms with E-state index in [4.69, 9.17) is 0 Å². The number of aryl methyl sites for hydroxylation is 1. The van der Waals surface area contributed by atoms with E-state index in [0.717, 1.165) is 11.5 Å². The maximum atomic E-state index is 13.5. The fourth-order valence-electron chi connectivity index (χ4n) is 1.56. The predicted molar refractivity (Wildman–Crippen MR) is 72.2 cm³/mol. The lowest BCUT2D eigenvalue weighted by atomic mass is 10.3. The van der Waals surface area contributed by atoms with Crippen LogP contribution in [0.4, 0.5) is 9.52 Å². The van der Waals surface area contributed by atoms with Gasteiger partial charge in [-0.25, -0.2) is 9.37 Å². The molecule has 0 saturated carbocycles. The fourth-order valence-corrected chi connectivity index (χ4v) is 2.99. The van der Waals surface area contributed by atoms with Gasteiger partial charge in [-0.2, -0.15) is 0 Å². The number of nitrogens with zero attached hydrogens (tertiary/aromatic N) is 3. The SMILES string of the molecule is Cc1nnsc1C(=O)Nc1nc2c(F)cccc2s1. The quantitative estimate of drug-likeness (QED) is 0.789. The van der Waals surface area contributed by atoms with Crippen molar-refractivity contribution in [2.45, 2.75) is 6.92 Å². The summed E-state index contributed by atoms with van der Waals surface area (Å²) >= 11 is 2.24. The smallest absolute Gasteiger partial charge is 0.271 e. The number of halogens is 1. The molecule has 8 heteroatoms. The molecule has 5 nitrogen and oxygen atoms in total. The first-order valence-electron chi connectivity index (χ1n) is 5.30. The number of anilines is 1. The van der Waals surface area contributed by atoms with Crippen molar-refractivity contribution < 1.29 is 9.18 Å². The number of carbonyl (C=O) groups excluding carboxylic acids is 1. The third-order valence-corrected chi connectivity index (χ3v) is 4.21. The molecule has 0 unspecified atom stereocenters. The Balaban J connectivity index is 1.92. The highest BCUT2D eigenvalue weighted by Crippen LogP contribution is 2.28. The first-order valence-corrected chi connectivity index (χ1v) is 6.89. The molecule has 0 atom stereocenters. The maximum absolute atomic E-state index is 13.5. The van der Waals surface area contributed by atoms with Crippen LogP contribution in [-0.2, 0) is 0 Å². The van der Waals surface area contributed by atoms with Crippen LogP contribution in [0.2, 0.25) is 0 Å². The van der Waals surface area contributed by atoms with E-state index in [9.17, 15) is 9.18 Å². The zero-order chi connectivity index (χ0) is 13.4. The van der Waals surface area contributed by atoms with Gasteiger partial charge in [-0.1, -0.05) is 21.9 Å². The number of hydrogen-bond acceptors (Lipinski definition) is 6. The Kier molecular flexibility index (Phi) is 2.96. The van der Waals surface area contributed by atoms with Gasteiger partial charge in [0.05, 0.1) is 10.4 Å². The van der Waals surface area contributed by atoms with Crippen LogP contribution in [-0.4, -0.2) is 20.5 Å². The minimum atomic E-state index is -0.398. The summed E-state index contributed by atoms with van der Waals surface area (Å²) in [4.78, 5) is 16.4. The summed E-state index contributed by atoms with van der Waals surface area (Å²) < 4.78 is 17.9. The van der Waals surface area contributed by atoms with Crippen LogP contribution in [0.25, 0.3) is 10.2 Å². The molecule has 0 fully saturated rings. The summed E-state index contributed by atoms with van der Waals surface area (Å²) in [6.45, 7) is 1.70. The van der Waals surface area contributed by atoms with E-state index in [1.54, 1.807) is 19.1 Å². The molecule has 19 heavy (non-hydrogen) atoms. The van der Waals surface area contributed by atoms with Crippen LogP contribution < -0.4 is 5.32 Å². The number of fused-ring (bicyclic) bond motifs is 1. The Bertz CT molecular complexity index is 767. The Hall–Kier alpha value is -1.93. The van der Waals surface area contributed by atoms with Gasteiger partial charge in [0, 0.05) is 0 Å². The maximum Gasteiger partial charge on any atom is 0.271 e. The van der Waals surface area contributed by atoms with Crippen LogP contribution in [0.5, 0.6) is 0 Å². The van der Waals surface area contributed by atoms with Crippen molar-refractivity contribution in [1.29, 1.82) is 0 Å². The molecule has 2 heterocycles. The molecule has 0 aliphatic rings. The highest BCUT2D eigenvalue weighted by molar-refractivity contribution is 7.22. The Morgan fingerprint density at radius 2 is 2.26 bits per heavy atom. The summed E-state index contributed by atoms with van der Waals surface area (Å²) in [5.41, 5.74) is 0.830. The van der Waals surface area contributed by atoms with Gasteiger partial charge >= 0.3 is 0 Å². The van der Waals surface area contributed by atoms with Gasteiger partial charge in [0.1, 0.15) is 16.2 Å². The molecule has 0 saturated heterocycles. The average Bonchev–Trinajstić information content (AvgIpc) is 2.95. The highest BCUT2D eigenvalue weighted by atomic mass is 32.1. The highest BCUT2D eigenvalue weighted by Gasteiger charge is 2.16. The fraction of sp³-hybridized carbons (Fsp3) is 0.0909. The molecular formula is C11H7FN4OS2. The molecule has 0 aliphatic heterocycles. The number of nitrogens with one attached hydrogen (secondary N) is 1. The minimum absolute atomic E-state index is 0.266. The van der Waals surface area contributed by atoms with Crippen LogP contribution in [0.1, 0.15) is 15.4 Å². The molecule has 1 aromatic carbocycles. The monoisotopic (exact) mass is 294 g/mol. The first-order chi connectivity index (χ1) is 9.15. The lowest BCUT2D eigenvalue weighted by molar-refractivity contribution is 0.103. The van der Waals surface area contributed by atoms with Crippen molar-refractivity contribution >= 4 is 44.1 Å². The molecule has 96 valence electrons. The number of benzene rings is 1. The number of aromatic nitrogens is 3. The molecule has 3 aromatic rings. The summed E-state index contributed by atoms with van der Waals surface area (Å²) in [7, 11) is 0. The van der Waals surface area contributed by atoms with Crippen molar-refractivity contribution in [1.82, 2.24) is 14.6 Å². The van der Waals surface area contributed by atoms with Gasteiger partial charge in [-0.3, -0.25) is 10.1 Å². The van der Waals surface area contributed by atoms with Gasteiger partial charge in [0.25, 0.3) is 5.91 Å². The van der Waals surface area contributed by atoms with Gasteiger partial charge in [0.15, 0.2) is 5.13 Å². The third kappa shape index (κ3) is 2.20. The zero-order valence-electron chi connectivity index (χ0n) is 9.68. The van der Waals surface area contributed by atoms with E-state index in [2.05, 4.69) is 19.9 Å². The van der Waals surface area contributed by atoms with Crippen LogP contribution in [0.15, 0.2) is 18.2 Å². The van der Waals surface area contributed by atoms with Crippen molar-refractivity contribution in [2.75, 3.05) is 5.32 Å². The van der Waals surface area contributed by atoms with E-state index in [0.29, 0.717) is 20.4 Å². The molecule has 0 spiro atoms. The second kappa shape index (κ2) is 4.63. The lowest BCUT2D eigenvalue weighted by Crippen LogP contribution is -2.11. The van der Waals surface area contributed by atoms with Crippen molar-refractivity contribution in [3.05, 3.63) is 34.6 Å². The third-order valence-electron chi connectivity index (χ3n) is 2.45. The van der Waals surface area contributed by atoms with Gasteiger partial charge < -0.3 is 0 Å². The standard InChI is InChI=1S/C11H7FN4OS2/c1-5-9(19-16-15-5)10(17)14-11-13-8-6(12)3-2-4-7(8)18-11/h2-4H,1H3,(H,13,14,17). The summed E-state index contributed by atoms with van der Waals surface area (Å²) in [6, 6.07) is 4.70. The molecule has 0 aliphatic carbocycles. The van der Waals surface area contributed by atoms with Crippen LogP contribution in [0.3, 0.4) is 0 Å². The van der Waals surface area contributed by atoms with Crippen LogP contribution >= 0.6 is 22.9 Å². The normalized spacial score (nSPS) is 10.8. The van der Waals surface area contributed by atoms with Crippen molar-refractivity contribution in [3.63, 3.8) is 0 Å². The van der Waals surface area contributed by atoms with Gasteiger partial charge in [-0.05, 0) is 30.6 Å². The number of rotatable bonds is 2. The second-order valence-electron chi connectivity index (χ2n) is 3.75. The molecule has 0 radical (unpaired) electrons. The summed E-state index contributed by atoms with van der Waals surface area (Å²) in [5, 5.41) is 6.76. The van der Waals surface area contributed by atoms with E-state index in [1.807, 2.05) is 0 Å². The molecular weight excluding hydrogens is 287 g/mol. The molecule has 3 rings (SSSR count). The number of para-hydroxylation sites is 1. The summed E-state index contributed by atoms with van der Waals surface area (Å²) in [6.07, 6.45) is 0. The average molecular weight is 294 g/mol. The lowest BCUT2D eigenvalue weighted by Gasteiger charge is -1.97. The van der Waals surface area contributed by atoms with E-state index in [-0.39, 0.29) is 11.4 Å². The largest absolute Gasteiger partial charge is 0.297 e. The molecule has 1 amide bonds. The number of carbonyl (C=O) groups is 1. The Morgan fingerprint density at radius 3 is 2.95 bits per heavy atom. The Morgan fingerprint density at radius 1 is 1.42 bits per heavy atom. The van der Waals surface area contributed by atoms with E-state index >= 15 is 0 Å². The molecule has 2 aromatic heterocycles. The second-order valence-corrected chi connectivity index (χ2v) is 5.53. The molecule has 0 bridgehead atoms. The summed E-state index contributed by atoms with van der Waals surface area (Å²) in [5.74, 6) is -0.725. The number of hydrogen-bond donors (Lipinski definition) is 1. The molecule has 1 N–H and O–H groups in total. The van der Waals surface area contributed by atoms with E-state index in [1.165, 1.54) is 17.4 Å². The number of amides is 1. The zero-order valence-corrected chi connectivity index (χ0v) is 11.3. The van der Waals surface area contributed by atoms with E-state index < -0.39 is 5.82 Å². The van der Waals surface area contributed by atoms with Crippen molar-refractivity contribution in [2.24, 2.45) is 0 Å². The predicted octanol–water partition coefficient (Wildman–Crippen LogP) is 2.85. The minimum Gasteiger partial charge on any atom is -0.297 e. The number of thiazole rings is 1. The van der Waals surface area contributed by atoms with Gasteiger partial charge in [-0.15, -0.1) is 5.10 Å². The first kappa shape index (κ1) is 12.1. The topological polar surface area (TPSA) is 67.8 Å². The van der Waals surface area contributed by atoms with Crippen LogP contribution in [0, 0.1) is 12.7 Å². The van der Waals surface area contributed by atoms with Crippen molar-refractivity contribution in [3.8, 4) is 0 Å².